The minimum Gasteiger partial charge on any atom is -0.360 e. The molecule has 2 rings (SSSR count). The summed E-state index contributed by atoms with van der Waals surface area (Å²) < 4.78 is 0. The maximum absolute atomic E-state index is 4.65. The van der Waals surface area contributed by atoms with Gasteiger partial charge in [-0.25, -0.2) is 0 Å². The van der Waals surface area contributed by atoms with Gasteiger partial charge in [0.1, 0.15) is 0 Å². The van der Waals surface area contributed by atoms with Gasteiger partial charge in [-0.2, -0.15) is 0 Å². The Kier molecular flexibility index (Phi) is 2.78. The van der Waals surface area contributed by atoms with Crippen LogP contribution >= 0.6 is 11.8 Å². The summed E-state index contributed by atoms with van der Waals surface area (Å²) in [7, 11) is 0. The second-order valence-electron chi connectivity index (χ2n) is 6.20. The molecule has 0 aromatic heterocycles. The third-order valence-corrected chi connectivity index (χ3v) is 4.71. The van der Waals surface area contributed by atoms with E-state index < -0.39 is 0 Å². The first kappa shape index (κ1) is 11.3. The van der Waals surface area contributed by atoms with Gasteiger partial charge in [-0.05, 0) is 38.0 Å². The molecular weight excluding hydrogens is 204 g/mol. The van der Waals surface area contributed by atoms with Crippen LogP contribution in [-0.4, -0.2) is 23.0 Å². The molecule has 1 saturated carbocycles. The van der Waals surface area contributed by atoms with Crippen molar-refractivity contribution in [2.45, 2.75) is 46.1 Å². The molecule has 0 aromatic carbocycles. The molecule has 0 spiro atoms. The zero-order chi connectivity index (χ0) is 11.1. The predicted molar refractivity (Wildman–Crippen MR) is 68.5 cm³/mol. The topological polar surface area (TPSA) is 24.4 Å². The van der Waals surface area contributed by atoms with E-state index in [0.717, 1.165) is 17.6 Å². The lowest BCUT2D eigenvalue weighted by Crippen LogP contribution is -2.46. The van der Waals surface area contributed by atoms with Crippen LogP contribution in [0.4, 0.5) is 0 Å². The van der Waals surface area contributed by atoms with E-state index in [9.17, 15) is 0 Å². The fourth-order valence-corrected chi connectivity index (χ4v) is 3.01. The molecule has 1 aliphatic heterocycles. The van der Waals surface area contributed by atoms with E-state index in [1.807, 2.05) is 11.8 Å². The van der Waals surface area contributed by atoms with Gasteiger partial charge in [0.05, 0.1) is 0 Å². The number of hydrogen-bond acceptors (Lipinski definition) is 3. The first-order valence-corrected chi connectivity index (χ1v) is 6.83. The smallest absolute Gasteiger partial charge is 0.157 e. The maximum atomic E-state index is 4.65. The van der Waals surface area contributed by atoms with Gasteiger partial charge >= 0.3 is 0 Å². The third-order valence-electron chi connectivity index (χ3n) is 3.28. The Morgan fingerprint density at radius 3 is 2.53 bits per heavy atom. The molecule has 15 heavy (non-hydrogen) atoms. The predicted octanol–water partition coefficient (Wildman–Crippen LogP) is 2.89. The van der Waals surface area contributed by atoms with Crippen molar-refractivity contribution in [3.05, 3.63) is 0 Å². The molecule has 0 atom stereocenters. The summed E-state index contributed by atoms with van der Waals surface area (Å²) in [6, 6.07) is 0. The molecule has 1 N–H and O–H groups in total. The molecule has 1 fully saturated rings. The van der Waals surface area contributed by atoms with Gasteiger partial charge in [-0.15, -0.1) is 0 Å². The third kappa shape index (κ3) is 2.90. The normalized spacial score (nSPS) is 26.0. The lowest BCUT2D eigenvalue weighted by atomic mass is 9.97. The molecule has 1 aliphatic carbocycles. The van der Waals surface area contributed by atoms with Crippen molar-refractivity contribution < 1.29 is 0 Å². The van der Waals surface area contributed by atoms with Crippen molar-refractivity contribution in [3.8, 4) is 0 Å². The van der Waals surface area contributed by atoms with Crippen LogP contribution in [-0.2, 0) is 0 Å². The molecular formula is C12H22N2S. The van der Waals surface area contributed by atoms with Crippen LogP contribution in [0.1, 0.15) is 40.5 Å². The summed E-state index contributed by atoms with van der Waals surface area (Å²) in [5.74, 6) is 2.04. The van der Waals surface area contributed by atoms with E-state index >= 15 is 0 Å². The monoisotopic (exact) mass is 226 g/mol. The number of hydrogen-bond donors (Lipinski definition) is 1. The van der Waals surface area contributed by atoms with Crippen molar-refractivity contribution in [2.75, 3.05) is 12.3 Å². The number of rotatable bonds is 2. The van der Waals surface area contributed by atoms with Crippen molar-refractivity contribution in [1.82, 2.24) is 5.32 Å². The van der Waals surface area contributed by atoms with Crippen molar-refractivity contribution >= 4 is 16.9 Å². The molecule has 0 unspecified atom stereocenters. The number of amidine groups is 1. The Labute approximate surface area is 97.3 Å². The van der Waals surface area contributed by atoms with E-state index in [2.05, 4.69) is 38.0 Å². The van der Waals surface area contributed by atoms with E-state index in [1.165, 1.54) is 18.6 Å². The highest BCUT2D eigenvalue weighted by Crippen LogP contribution is 2.40. The van der Waals surface area contributed by atoms with Gasteiger partial charge in [-0.1, -0.05) is 25.6 Å². The molecule has 1 heterocycles. The zero-order valence-electron chi connectivity index (χ0n) is 10.3. The first-order valence-electron chi connectivity index (χ1n) is 5.84. The molecule has 0 radical (unpaired) electrons. The van der Waals surface area contributed by atoms with Crippen LogP contribution in [0.3, 0.4) is 0 Å². The molecule has 0 saturated heterocycles. The second-order valence-corrected chi connectivity index (χ2v) is 7.16. The molecule has 0 bridgehead atoms. The average molecular weight is 226 g/mol. The van der Waals surface area contributed by atoms with Gasteiger partial charge in [-0.3, -0.25) is 4.99 Å². The van der Waals surface area contributed by atoms with Crippen LogP contribution in [0.5, 0.6) is 0 Å². The van der Waals surface area contributed by atoms with Gasteiger partial charge in [0.25, 0.3) is 0 Å². The quantitative estimate of drug-likeness (QED) is 0.783. The zero-order valence-corrected chi connectivity index (χ0v) is 11.1. The minimum atomic E-state index is 0.243. The van der Waals surface area contributed by atoms with E-state index in [4.69, 9.17) is 0 Å². The molecule has 86 valence electrons. The summed E-state index contributed by atoms with van der Waals surface area (Å²) >= 11 is 1.88. The highest BCUT2D eigenvalue weighted by Gasteiger charge is 2.39. The Morgan fingerprint density at radius 1 is 1.40 bits per heavy atom. The van der Waals surface area contributed by atoms with Gasteiger partial charge in [0.15, 0.2) is 5.17 Å². The van der Waals surface area contributed by atoms with E-state index in [-0.39, 0.29) is 5.54 Å². The van der Waals surface area contributed by atoms with Crippen LogP contribution < -0.4 is 5.32 Å². The van der Waals surface area contributed by atoms with Crippen LogP contribution in [0, 0.1) is 11.3 Å². The summed E-state index contributed by atoms with van der Waals surface area (Å²) in [5, 5.41) is 4.77. The fraction of sp³-hybridized carbons (Fsp3) is 0.917. The van der Waals surface area contributed by atoms with Crippen molar-refractivity contribution in [3.63, 3.8) is 0 Å². The molecule has 2 aliphatic rings. The lowest BCUT2D eigenvalue weighted by Gasteiger charge is -2.33. The summed E-state index contributed by atoms with van der Waals surface area (Å²) in [6.07, 6.45) is 2.76. The Balaban J connectivity index is 1.93. The van der Waals surface area contributed by atoms with Gasteiger partial charge < -0.3 is 5.32 Å². The van der Waals surface area contributed by atoms with E-state index in [0.29, 0.717) is 5.41 Å². The SMILES string of the molecule is CC1(C)CN=C(NC(C)(C)C2CC2)SC1. The highest BCUT2D eigenvalue weighted by molar-refractivity contribution is 8.13. The molecule has 0 amide bonds. The molecule has 3 heteroatoms. The Morgan fingerprint density at radius 2 is 2.07 bits per heavy atom. The Hall–Kier alpha value is -0.180. The highest BCUT2D eigenvalue weighted by atomic mass is 32.2. The maximum Gasteiger partial charge on any atom is 0.157 e. The van der Waals surface area contributed by atoms with Crippen LogP contribution in [0.2, 0.25) is 0 Å². The van der Waals surface area contributed by atoms with Crippen molar-refractivity contribution in [2.24, 2.45) is 16.3 Å². The minimum absolute atomic E-state index is 0.243. The summed E-state index contributed by atoms with van der Waals surface area (Å²) in [4.78, 5) is 4.65. The van der Waals surface area contributed by atoms with Crippen molar-refractivity contribution in [1.29, 1.82) is 0 Å². The summed E-state index contributed by atoms with van der Waals surface area (Å²) in [5.41, 5.74) is 0.618. The van der Waals surface area contributed by atoms with Gasteiger partial charge in [0.2, 0.25) is 0 Å². The second kappa shape index (κ2) is 3.69. The average Bonchev–Trinajstić information content (AvgIpc) is 2.91. The van der Waals surface area contributed by atoms with Crippen LogP contribution in [0.15, 0.2) is 4.99 Å². The Bertz CT molecular complexity index is 277. The molecule has 2 nitrogen and oxygen atoms in total. The fourth-order valence-electron chi connectivity index (χ4n) is 1.90. The lowest BCUT2D eigenvalue weighted by molar-refractivity contribution is 0.397. The van der Waals surface area contributed by atoms with E-state index in [1.54, 1.807) is 0 Å². The number of thioether (sulfide) groups is 1. The number of aliphatic imine (C=N–C) groups is 1. The number of nitrogens with zero attached hydrogens (tertiary/aromatic N) is 1. The van der Waals surface area contributed by atoms with Gasteiger partial charge in [0, 0.05) is 17.8 Å². The largest absolute Gasteiger partial charge is 0.360 e. The molecule has 0 aromatic rings. The summed E-state index contributed by atoms with van der Waals surface area (Å²) in [6.45, 7) is 10.1. The first-order chi connectivity index (χ1) is 6.89. The van der Waals surface area contributed by atoms with Crippen LogP contribution in [0.25, 0.3) is 0 Å². The standard InChI is InChI=1S/C12H22N2S/c1-11(2)7-13-10(15-8-11)14-12(3,4)9-5-6-9/h9H,5-8H2,1-4H3,(H,13,14). The number of nitrogens with one attached hydrogen (secondary N) is 1.